The second-order valence-corrected chi connectivity index (χ2v) is 12.5. The van der Waals surface area contributed by atoms with E-state index in [4.69, 9.17) is 21.0 Å². The zero-order valence-electron chi connectivity index (χ0n) is 27.0. The van der Waals surface area contributed by atoms with Gasteiger partial charge in [0.15, 0.2) is 6.21 Å². The second kappa shape index (κ2) is 13.1. The molecule has 2 aromatic rings. The summed E-state index contributed by atoms with van der Waals surface area (Å²) < 4.78 is 16.1. The monoisotopic (exact) mass is 614 g/mol. The molecule has 0 aliphatic carbocycles. The number of rotatable bonds is 8. The summed E-state index contributed by atoms with van der Waals surface area (Å²) in [5.74, 6) is 0.797. The summed E-state index contributed by atoms with van der Waals surface area (Å²) in [4.78, 5) is 15.8. The highest BCUT2D eigenvalue weighted by molar-refractivity contribution is 6.16. The van der Waals surface area contributed by atoms with Gasteiger partial charge in [0.1, 0.15) is 24.9 Å². The molecule has 13 nitrogen and oxygen atoms in total. The molecule has 6 rings (SSSR count). The Morgan fingerprint density at radius 3 is 2.62 bits per heavy atom. The molecule has 0 spiro atoms. The van der Waals surface area contributed by atoms with Gasteiger partial charge in [-0.05, 0) is 18.1 Å². The van der Waals surface area contributed by atoms with Crippen molar-refractivity contribution in [1.82, 2.24) is 29.7 Å². The lowest BCUT2D eigenvalue weighted by atomic mass is 10.0. The number of nitrogens with zero attached hydrogens (tertiary/aromatic N) is 11. The van der Waals surface area contributed by atoms with Crippen LogP contribution in [0.3, 0.4) is 0 Å². The fraction of sp³-hybridized carbons (Fsp3) is 0.500. The number of ether oxygens (including phenoxy) is 2. The molecule has 0 saturated carbocycles. The quantitative estimate of drug-likeness (QED) is 0.256. The van der Waals surface area contributed by atoms with E-state index in [1.165, 1.54) is 16.7 Å². The molecule has 1 aromatic heterocycles. The van der Waals surface area contributed by atoms with E-state index in [-0.39, 0.29) is 12.4 Å². The minimum absolute atomic E-state index is 0.0564. The number of allylic oxidation sites excluding steroid dienone is 2. The van der Waals surface area contributed by atoms with Crippen LogP contribution in [-0.4, -0.2) is 144 Å². The molecule has 1 aromatic carbocycles. The largest absolute Gasteiger partial charge is 0.495 e. The number of hydrogen-bond donors (Lipinski definition) is 0. The van der Waals surface area contributed by atoms with Crippen molar-refractivity contribution < 1.29 is 18.6 Å². The zero-order chi connectivity index (χ0) is 31.6. The molecule has 0 N–H and O–H groups in total. The maximum absolute atomic E-state index is 6.21. The maximum Gasteiger partial charge on any atom is 0.495 e. The van der Waals surface area contributed by atoms with Gasteiger partial charge in [-0.15, -0.1) is 0 Å². The van der Waals surface area contributed by atoms with Gasteiger partial charge >= 0.3 is 5.82 Å². The molecule has 4 aliphatic rings. The molecule has 45 heavy (non-hydrogen) atoms. The van der Waals surface area contributed by atoms with Gasteiger partial charge in [-0.1, -0.05) is 29.4 Å². The van der Waals surface area contributed by atoms with Crippen LogP contribution in [0, 0.1) is 6.57 Å². The van der Waals surface area contributed by atoms with Crippen molar-refractivity contribution in [1.29, 1.82) is 0 Å². The van der Waals surface area contributed by atoms with Gasteiger partial charge in [0.05, 0.1) is 74.9 Å². The van der Waals surface area contributed by atoms with Crippen molar-refractivity contribution in [3.05, 3.63) is 58.2 Å². The normalized spacial score (nSPS) is 24.3. The standard InChI is InChI=1S/C32H44N11O2/c1-24(27-17-34-43(5,6)23-27)35-31-30(33-2)36-37-42(31)22-29-21-41(13-16-45-29)32-38(3)19-28(20-39(32)4)26-9-7-25(8-10-26)18-40-11-14-44-15-12-40/h2,7-10,17,19-20,23,29,32H,11-16,18,21-22H2,1,3-6H3/q+3. The SMILES string of the molecule is C#[N+]c1nnn(CC2CN(C3N(C)C=C(c4ccc(CN5CCOCC5)cc4)C=[N+]3C)CCO2)c1N=C(C)C1=C[N+](C)(C)N=C1. The number of morpholine rings is 2. The first-order valence-corrected chi connectivity index (χ1v) is 15.5. The van der Waals surface area contributed by atoms with Crippen LogP contribution in [0.5, 0.6) is 0 Å². The van der Waals surface area contributed by atoms with Crippen molar-refractivity contribution in [2.75, 3.05) is 74.2 Å². The fourth-order valence-corrected chi connectivity index (χ4v) is 6.27. The Kier molecular flexibility index (Phi) is 9.02. The Balaban J connectivity index is 1.12. The van der Waals surface area contributed by atoms with Crippen LogP contribution < -0.4 is 0 Å². The molecule has 0 bridgehead atoms. The average molecular weight is 615 g/mol. The minimum Gasteiger partial charge on any atom is -0.379 e. The summed E-state index contributed by atoms with van der Waals surface area (Å²) in [7, 11) is 8.26. The van der Waals surface area contributed by atoms with Crippen molar-refractivity contribution >= 4 is 35.3 Å². The van der Waals surface area contributed by atoms with Gasteiger partial charge in [0.2, 0.25) is 0 Å². The Labute approximate surface area is 265 Å². The molecule has 2 atom stereocenters. The molecule has 236 valence electrons. The van der Waals surface area contributed by atoms with Crippen molar-refractivity contribution in [2.45, 2.75) is 32.4 Å². The summed E-state index contributed by atoms with van der Waals surface area (Å²) >= 11 is 0. The van der Waals surface area contributed by atoms with Crippen LogP contribution in [0.15, 0.2) is 52.3 Å². The molecule has 2 saturated heterocycles. The van der Waals surface area contributed by atoms with Gasteiger partial charge < -0.3 is 14.4 Å². The van der Waals surface area contributed by atoms with Gasteiger partial charge in [0, 0.05) is 46.0 Å². The molecule has 0 radical (unpaired) electrons. The first-order valence-electron chi connectivity index (χ1n) is 15.5. The molecule has 2 unspecified atom stereocenters. The van der Waals surface area contributed by atoms with E-state index in [9.17, 15) is 0 Å². The van der Waals surface area contributed by atoms with E-state index < -0.39 is 0 Å². The average Bonchev–Trinajstić information content (AvgIpc) is 3.59. The summed E-state index contributed by atoms with van der Waals surface area (Å²) in [6.45, 7) is 14.8. The van der Waals surface area contributed by atoms with E-state index in [0.717, 1.165) is 50.7 Å². The van der Waals surface area contributed by atoms with Gasteiger partial charge in [-0.25, -0.2) is 14.5 Å². The lowest BCUT2D eigenvalue weighted by molar-refractivity contribution is -0.842. The van der Waals surface area contributed by atoms with E-state index in [1.807, 2.05) is 33.4 Å². The summed E-state index contributed by atoms with van der Waals surface area (Å²) in [6, 6.07) is 8.93. The van der Waals surface area contributed by atoms with Crippen LogP contribution in [0.2, 0.25) is 0 Å². The Morgan fingerprint density at radius 1 is 1.16 bits per heavy atom. The first-order chi connectivity index (χ1) is 21.7. The highest BCUT2D eigenvalue weighted by Crippen LogP contribution is 2.28. The predicted molar refractivity (Wildman–Crippen MR) is 175 cm³/mol. The van der Waals surface area contributed by atoms with Gasteiger partial charge in [-0.2, -0.15) is 14.1 Å². The van der Waals surface area contributed by atoms with Crippen LogP contribution in [0.4, 0.5) is 11.6 Å². The van der Waals surface area contributed by atoms with E-state index in [2.05, 4.69) is 90.3 Å². The second-order valence-electron chi connectivity index (χ2n) is 12.5. The fourth-order valence-electron chi connectivity index (χ4n) is 6.27. The summed E-state index contributed by atoms with van der Waals surface area (Å²) in [5, 5.41) is 13.0. The number of quaternary nitrogens is 1. The molecular formula is C32H44N11O2+3. The highest BCUT2D eigenvalue weighted by atomic mass is 16.5. The molecule has 5 heterocycles. The third kappa shape index (κ3) is 7.11. The lowest BCUT2D eigenvalue weighted by Crippen LogP contribution is -2.58. The molecule has 0 amide bonds. The van der Waals surface area contributed by atoms with Gasteiger partial charge in [0.25, 0.3) is 12.1 Å². The molecular weight excluding hydrogens is 570 g/mol. The van der Waals surface area contributed by atoms with Crippen molar-refractivity contribution in [3.63, 3.8) is 0 Å². The molecule has 4 aliphatic heterocycles. The van der Waals surface area contributed by atoms with Gasteiger partial charge in [-0.3, -0.25) is 4.90 Å². The van der Waals surface area contributed by atoms with Crippen molar-refractivity contribution in [2.24, 2.45) is 10.1 Å². The van der Waals surface area contributed by atoms with Crippen LogP contribution >= 0.6 is 0 Å². The lowest BCUT2D eigenvalue weighted by Gasteiger charge is -2.39. The topological polar surface area (TPSA) is 91.0 Å². The molecule has 2 fully saturated rings. The van der Waals surface area contributed by atoms with Crippen molar-refractivity contribution in [3.8, 4) is 6.57 Å². The van der Waals surface area contributed by atoms with Crippen LogP contribution in [-0.2, 0) is 22.6 Å². The third-order valence-corrected chi connectivity index (χ3v) is 8.54. The predicted octanol–water partition coefficient (Wildman–Crippen LogP) is 2.44. The maximum atomic E-state index is 6.21. The highest BCUT2D eigenvalue weighted by Gasteiger charge is 2.37. The number of benzene rings is 1. The Bertz CT molecular complexity index is 1590. The van der Waals surface area contributed by atoms with Crippen LogP contribution in [0.25, 0.3) is 10.4 Å². The number of hydrogen-bond acceptors (Lipinski definition) is 9. The van der Waals surface area contributed by atoms with E-state index in [1.54, 1.807) is 4.68 Å². The first kappa shape index (κ1) is 30.9. The summed E-state index contributed by atoms with van der Waals surface area (Å²) in [6.07, 6.45) is 8.26. The van der Waals surface area contributed by atoms with Crippen LogP contribution in [0.1, 0.15) is 18.1 Å². The number of aromatic nitrogens is 3. The summed E-state index contributed by atoms with van der Waals surface area (Å²) in [5.41, 5.74) is 5.44. The van der Waals surface area contributed by atoms with E-state index >= 15 is 0 Å². The Morgan fingerprint density at radius 2 is 1.93 bits per heavy atom. The van der Waals surface area contributed by atoms with E-state index in [0.29, 0.717) is 35.9 Å². The Hall–Kier alpha value is -4.06. The minimum atomic E-state index is -0.116. The smallest absolute Gasteiger partial charge is 0.379 e. The molecule has 13 heteroatoms. The zero-order valence-corrected chi connectivity index (χ0v) is 27.0. The third-order valence-electron chi connectivity index (χ3n) is 8.54. The number of aliphatic imine (C=N–C) groups is 1.